The smallest absolute Gasteiger partial charge is 0.238 e. The van der Waals surface area contributed by atoms with Crippen LogP contribution in [-0.4, -0.2) is 24.9 Å². The Morgan fingerprint density at radius 1 is 1.04 bits per heavy atom. The lowest BCUT2D eigenvalue weighted by molar-refractivity contribution is 0.283. The lowest BCUT2D eigenvalue weighted by Gasteiger charge is -2.20. The Kier molecular flexibility index (Phi) is 5.79. The molecule has 0 radical (unpaired) electrons. The van der Waals surface area contributed by atoms with Gasteiger partial charge in [0.05, 0.1) is 10.4 Å². The average Bonchev–Trinajstić information content (AvgIpc) is 3.38. The van der Waals surface area contributed by atoms with Crippen molar-refractivity contribution in [1.82, 2.24) is 0 Å². The van der Waals surface area contributed by atoms with Crippen LogP contribution < -0.4 is 10.0 Å². The Balaban J connectivity index is 2.02. The zero-order chi connectivity index (χ0) is 20.7. The van der Waals surface area contributed by atoms with Gasteiger partial charge in [-0.05, 0) is 66.1 Å². The highest BCUT2D eigenvalue weighted by Gasteiger charge is 2.54. The fourth-order valence-corrected chi connectivity index (χ4v) is 5.02. The summed E-state index contributed by atoms with van der Waals surface area (Å²) in [6.07, 6.45) is 0.584. The van der Waals surface area contributed by atoms with Crippen LogP contribution in [0, 0.1) is 26.8 Å². The first-order valence-corrected chi connectivity index (χ1v) is 10.7. The molecule has 28 heavy (non-hydrogen) atoms. The Labute approximate surface area is 172 Å². The van der Waals surface area contributed by atoms with Crippen molar-refractivity contribution in [2.45, 2.75) is 24.0 Å². The van der Waals surface area contributed by atoms with Crippen molar-refractivity contribution in [3.05, 3.63) is 51.1 Å². The van der Waals surface area contributed by atoms with Crippen LogP contribution in [0.15, 0.2) is 24.3 Å². The molecule has 0 aromatic heterocycles. The number of aliphatic hydroxyl groups is 1. The van der Waals surface area contributed by atoms with Crippen LogP contribution in [0.25, 0.3) is 0 Å². The molecule has 0 aliphatic heterocycles. The maximum Gasteiger partial charge on any atom is 0.238 e. The van der Waals surface area contributed by atoms with Gasteiger partial charge < -0.3 is 10.4 Å². The number of anilines is 3. The van der Waals surface area contributed by atoms with Crippen LogP contribution in [0.3, 0.4) is 0 Å². The average molecular weight is 530 g/mol. The van der Waals surface area contributed by atoms with Crippen molar-refractivity contribution < 1.29 is 31.1 Å². The largest absolute Gasteiger partial charge is 0.396 e. The molecule has 0 saturated heterocycles. The molecule has 1 aliphatic carbocycles. The molecule has 2 aromatic rings. The van der Waals surface area contributed by atoms with E-state index in [4.69, 9.17) is 5.11 Å². The molecule has 5 nitrogen and oxygen atoms in total. The van der Waals surface area contributed by atoms with Gasteiger partial charge in [0.1, 0.15) is 11.4 Å². The number of halogens is 5. The molecular formula is C17H15F4IN2O3S. The van der Waals surface area contributed by atoms with Crippen molar-refractivity contribution in [3.63, 3.8) is 0 Å². The first-order valence-electron chi connectivity index (χ1n) is 8.13. The second-order valence-corrected chi connectivity index (χ2v) is 9.74. The quantitative estimate of drug-likeness (QED) is 0.370. The van der Waals surface area contributed by atoms with Crippen molar-refractivity contribution in [2.75, 3.05) is 16.6 Å². The number of hydrogen-bond donors (Lipinski definition) is 3. The summed E-state index contributed by atoms with van der Waals surface area (Å²) in [5, 5.41) is 11.2. The van der Waals surface area contributed by atoms with E-state index in [1.807, 2.05) is 0 Å². The van der Waals surface area contributed by atoms with Crippen LogP contribution in [0.5, 0.6) is 0 Å². The fraction of sp³-hybridized carbons (Fsp3) is 0.294. The zero-order valence-corrected chi connectivity index (χ0v) is 17.2. The lowest BCUT2D eigenvalue weighted by atomic mass is 10.2. The van der Waals surface area contributed by atoms with E-state index < -0.39 is 55.1 Å². The third kappa shape index (κ3) is 3.92. The second-order valence-electron chi connectivity index (χ2n) is 6.42. The molecule has 0 heterocycles. The maximum absolute atomic E-state index is 14.4. The van der Waals surface area contributed by atoms with Crippen LogP contribution in [0.1, 0.15) is 19.3 Å². The third-order valence-electron chi connectivity index (χ3n) is 4.54. The molecule has 11 heteroatoms. The maximum atomic E-state index is 14.4. The molecule has 1 fully saturated rings. The van der Waals surface area contributed by atoms with Crippen molar-refractivity contribution in [2.24, 2.45) is 0 Å². The molecule has 152 valence electrons. The highest BCUT2D eigenvalue weighted by atomic mass is 127. The van der Waals surface area contributed by atoms with E-state index in [0.29, 0.717) is 18.9 Å². The highest BCUT2D eigenvalue weighted by molar-refractivity contribution is 14.1. The molecule has 0 amide bonds. The number of benzene rings is 2. The van der Waals surface area contributed by atoms with E-state index >= 15 is 0 Å². The van der Waals surface area contributed by atoms with Gasteiger partial charge in [-0.25, -0.2) is 26.0 Å². The van der Waals surface area contributed by atoms with Gasteiger partial charge in [-0.15, -0.1) is 0 Å². The van der Waals surface area contributed by atoms with Crippen LogP contribution in [-0.2, 0) is 10.0 Å². The Bertz CT molecular complexity index is 1010. The van der Waals surface area contributed by atoms with E-state index in [1.54, 1.807) is 22.6 Å². The predicted octanol–water partition coefficient (Wildman–Crippen LogP) is 4.25. The number of hydrogen-bond acceptors (Lipinski definition) is 4. The molecular weight excluding hydrogens is 515 g/mol. The van der Waals surface area contributed by atoms with E-state index in [0.717, 1.165) is 18.2 Å². The Morgan fingerprint density at radius 3 is 2.18 bits per heavy atom. The summed E-state index contributed by atoms with van der Waals surface area (Å²) in [4.78, 5) is 0. The Morgan fingerprint density at radius 2 is 1.64 bits per heavy atom. The van der Waals surface area contributed by atoms with E-state index in [-0.39, 0.29) is 16.6 Å². The standard InChI is InChI=1S/C17H15F4IN2O3S/c18-10-1-2-13(24-28(26,27)17(3-4-17)5-6-25)16(14(10)21)23-15-11(19)7-9(22)8-12(15)20/h1-2,7-8,23-25H,3-6H2. The lowest BCUT2D eigenvalue weighted by Crippen LogP contribution is -2.31. The molecule has 3 N–H and O–H groups in total. The summed E-state index contributed by atoms with van der Waals surface area (Å²) < 4.78 is 82.8. The minimum atomic E-state index is -4.06. The molecule has 1 aliphatic rings. The van der Waals surface area contributed by atoms with Crippen molar-refractivity contribution in [1.29, 1.82) is 0 Å². The van der Waals surface area contributed by atoms with Crippen molar-refractivity contribution >= 4 is 49.7 Å². The van der Waals surface area contributed by atoms with E-state index in [2.05, 4.69) is 10.0 Å². The summed E-state index contributed by atoms with van der Waals surface area (Å²) in [7, 11) is -4.06. The molecule has 0 bridgehead atoms. The predicted molar refractivity (Wildman–Crippen MR) is 105 cm³/mol. The molecule has 2 aromatic carbocycles. The van der Waals surface area contributed by atoms with E-state index in [9.17, 15) is 26.0 Å². The molecule has 0 unspecified atom stereocenters. The summed E-state index contributed by atoms with van der Waals surface area (Å²) in [6.45, 7) is -0.358. The Hall–Kier alpha value is -1.60. The monoisotopic (exact) mass is 530 g/mol. The van der Waals surface area contributed by atoms with Gasteiger partial charge in [-0.3, -0.25) is 4.72 Å². The van der Waals surface area contributed by atoms with Gasteiger partial charge in [-0.2, -0.15) is 0 Å². The third-order valence-corrected chi connectivity index (χ3v) is 7.41. The topological polar surface area (TPSA) is 78.4 Å². The number of nitrogens with one attached hydrogen (secondary N) is 2. The minimum absolute atomic E-state index is 0.0187. The van der Waals surface area contributed by atoms with Gasteiger partial charge in [0, 0.05) is 10.2 Å². The molecule has 0 atom stereocenters. The fourth-order valence-electron chi connectivity index (χ4n) is 2.79. The highest BCUT2D eigenvalue weighted by Crippen LogP contribution is 2.47. The van der Waals surface area contributed by atoms with Gasteiger partial charge in [0.2, 0.25) is 10.0 Å². The van der Waals surface area contributed by atoms with Crippen LogP contribution >= 0.6 is 22.6 Å². The summed E-state index contributed by atoms with van der Waals surface area (Å²) in [6, 6.07) is 3.61. The second kappa shape index (κ2) is 7.67. The van der Waals surface area contributed by atoms with Crippen LogP contribution in [0.2, 0.25) is 0 Å². The summed E-state index contributed by atoms with van der Waals surface area (Å²) >= 11 is 1.68. The SMILES string of the molecule is O=S(=O)(Nc1ccc(F)c(F)c1Nc1c(F)cc(I)cc1F)C1(CCO)CC1. The minimum Gasteiger partial charge on any atom is -0.396 e. The van der Waals surface area contributed by atoms with Gasteiger partial charge >= 0.3 is 0 Å². The van der Waals surface area contributed by atoms with Crippen molar-refractivity contribution in [3.8, 4) is 0 Å². The van der Waals surface area contributed by atoms with Crippen LogP contribution in [0.4, 0.5) is 34.6 Å². The normalized spacial score (nSPS) is 15.4. The number of rotatable bonds is 7. The molecule has 0 spiro atoms. The zero-order valence-electron chi connectivity index (χ0n) is 14.2. The number of aliphatic hydroxyl groups excluding tert-OH is 1. The van der Waals surface area contributed by atoms with Gasteiger partial charge in [0.25, 0.3) is 0 Å². The molecule has 3 rings (SSSR count). The first kappa shape index (κ1) is 21.1. The summed E-state index contributed by atoms with van der Waals surface area (Å²) in [5.74, 6) is -4.93. The summed E-state index contributed by atoms with van der Waals surface area (Å²) in [5.41, 5.74) is -1.90. The van der Waals surface area contributed by atoms with E-state index in [1.165, 1.54) is 0 Å². The molecule has 1 saturated carbocycles. The number of sulfonamides is 1. The van der Waals surface area contributed by atoms with Gasteiger partial charge in [-0.1, -0.05) is 0 Å². The van der Waals surface area contributed by atoms with Gasteiger partial charge in [0.15, 0.2) is 23.3 Å². The first-order chi connectivity index (χ1) is 13.1.